The van der Waals surface area contributed by atoms with Gasteiger partial charge in [0.15, 0.2) is 0 Å². The fourth-order valence-corrected chi connectivity index (χ4v) is 3.79. The van der Waals surface area contributed by atoms with Gasteiger partial charge in [-0.05, 0) is 42.8 Å². The standard InChI is InChI=1S/C19H18ClN3O3S/c1-14-3-2-4-17(13-14)27(25,26)21-11-12-23-19(24)10-9-18(22-23)15-5-7-16(20)8-6-15/h2-10,13,21H,11-12H2,1H3. The van der Waals surface area contributed by atoms with E-state index in [0.717, 1.165) is 11.1 Å². The van der Waals surface area contributed by atoms with Gasteiger partial charge in [-0.2, -0.15) is 5.10 Å². The van der Waals surface area contributed by atoms with Gasteiger partial charge in [0.25, 0.3) is 5.56 Å². The molecule has 0 saturated heterocycles. The molecule has 3 aromatic rings. The van der Waals surface area contributed by atoms with E-state index >= 15 is 0 Å². The summed E-state index contributed by atoms with van der Waals surface area (Å²) in [6.45, 7) is 1.99. The van der Waals surface area contributed by atoms with Crippen LogP contribution in [-0.2, 0) is 16.6 Å². The summed E-state index contributed by atoms with van der Waals surface area (Å²) in [7, 11) is -3.64. The third-order valence-electron chi connectivity index (χ3n) is 3.92. The lowest BCUT2D eigenvalue weighted by atomic mass is 10.1. The summed E-state index contributed by atoms with van der Waals surface area (Å²) >= 11 is 5.89. The summed E-state index contributed by atoms with van der Waals surface area (Å²) in [6.07, 6.45) is 0. The highest BCUT2D eigenvalue weighted by atomic mass is 35.5. The monoisotopic (exact) mass is 403 g/mol. The maximum Gasteiger partial charge on any atom is 0.266 e. The normalized spacial score (nSPS) is 11.5. The Hall–Kier alpha value is -2.48. The van der Waals surface area contributed by atoms with Crippen LogP contribution in [-0.4, -0.2) is 24.7 Å². The summed E-state index contributed by atoms with van der Waals surface area (Å²) < 4.78 is 28.4. The van der Waals surface area contributed by atoms with E-state index in [1.54, 1.807) is 42.5 Å². The van der Waals surface area contributed by atoms with Crippen LogP contribution in [0.4, 0.5) is 0 Å². The third kappa shape index (κ3) is 4.82. The summed E-state index contributed by atoms with van der Waals surface area (Å²) in [5.41, 5.74) is 1.97. The van der Waals surface area contributed by atoms with Crippen LogP contribution in [0.1, 0.15) is 5.56 Å². The number of aromatic nitrogens is 2. The molecule has 0 fully saturated rings. The molecule has 0 saturated carbocycles. The molecule has 0 aliphatic heterocycles. The molecule has 0 radical (unpaired) electrons. The summed E-state index contributed by atoms with van der Waals surface area (Å²) in [6, 6.07) is 16.8. The van der Waals surface area contributed by atoms with Crippen LogP contribution in [0.5, 0.6) is 0 Å². The molecule has 8 heteroatoms. The SMILES string of the molecule is Cc1cccc(S(=O)(=O)NCCn2nc(-c3ccc(Cl)cc3)ccc2=O)c1. The predicted molar refractivity (Wildman–Crippen MR) is 105 cm³/mol. The Bertz CT molecular complexity index is 1110. The van der Waals surface area contributed by atoms with Crippen LogP contribution in [0.25, 0.3) is 11.3 Å². The molecule has 0 aliphatic rings. The molecule has 0 unspecified atom stereocenters. The van der Waals surface area contributed by atoms with Crippen molar-refractivity contribution in [1.82, 2.24) is 14.5 Å². The van der Waals surface area contributed by atoms with E-state index in [0.29, 0.717) is 10.7 Å². The summed E-state index contributed by atoms with van der Waals surface area (Å²) in [5, 5.41) is 4.91. The van der Waals surface area contributed by atoms with Crippen molar-refractivity contribution in [2.75, 3.05) is 6.54 Å². The van der Waals surface area contributed by atoms with Crippen LogP contribution in [0.3, 0.4) is 0 Å². The van der Waals surface area contributed by atoms with Crippen molar-refractivity contribution in [2.24, 2.45) is 0 Å². The second-order valence-corrected chi connectivity index (χ2v) is 8.20. The predicted octanol–water partition coefficient (Wildman–Crippen LogP) is 2.85. The lowest BCUT2D eigenvalue weighted by molar-refractivity contribution is 0.548. The van der Waals surface area contributed by atoms with Crippen LogP contribution in [0, 0.1) is 6.92 Å². The minimum Gasteiger partial charge on any atom is -0.268 e. The zero-order valence-corrected chi connectivity index (χ0v) is 16.2. The van der Waals surface area contributed by atoms with E-state index in [2.05, 4.69) is 9.82 Å². The van der Waals surface area contributed by atoms with E-state index in [9.17, 15) is 13.2 Å². The highest BCUT2D eigenvalue weighted by Gasteiger charge is 2.13. The fourth-order valence-electron chi connectivity index (χ4n) is 2.54. The first-order chi connectivity index (χ1) is 12.8. The van der Waals surface area contributed by atoms with Crippen LogP contribution < -0.4 is 10.3 Å². The maximum absolute atomic E-state index is 12.3. The average molecular weight is 404 g/mol. The van der Waals surface area contributed by atoms with Gasteiger partial charge in [0.1, 0.15) is 0 Å². The van der Waals surface area contributed by atoms with Gasteiger partial charge in [-0.25, -0.2) is 17.8 Å². The van der Waals surface area contributed by atoms with Crippen LogP contribution in [0.2, 0.25) is 5.02 Å². The number of hydrogen-bond acceptors (Lipinski definition) is 4. The van der Waals surface area contributed by atoms with Gasteiger partial charge in [0.05, 0.1) is 17.1 Å². The van der Waals surface area contributed by atoms with Crippen LogP contribution >= 0.6 is 11.6 Å². The molecular formula is C19H18ClN3O3S. The van der Waals surface area contributed by atoms with E-state index in [1.165, 1.54) is 16.8 Å². The second kappa shape index (κ2) is 8.04. The molecule has 1 aromatic heterocycles. The van der Waals surface area contributed by atoms with Gasteiger partial charge in [0, 0.05) is 23.2 Å². The molecule has 0 aliphatic carbocycles. The second-order valence-electron chi connectivity index (χ2n) is 6.00. The zero-order valence-electron chi connectivity index (χ0n) is 14.6. The molecule has 2 aromatic carbocycles. The van der Waals surface area contributed by atoms with Crippen molar-refractivity contribution in [2.45, 2.75) is 18.4 Å². The number of rotatable bonds is 6. The van der Waals surface area contributed by atoms with Crippen molar-refractivity contribution in [3.63, 3.8) is 0 Å². The van der Waals surface area contributed by atoms with E-state index in [4.69, 9.17) is 11.6 Å². The van der Waals surface area contributed by atoms with Crippen molar-refractivity contribution >= 4 is 21.6 Å². The number of benzene rings is 2. The maximum atomic E-state index is 12.3. The Kier molecular flexibility index (Phi) is 5.74. The van der Waals surface area contributed by atoms with Crippen molar-refractivity contribution < 1.29 is 8.42 Å². The molecule has 0 bridgehead atoms. The number of halogens is 1. The Balaban J connectivity index is 1.73. The Morgan fingerprint density at radius 2 is 1.81 bits per heavy atom. The van der Waals surface area contributed by atoms with Crippen molar-refractivity contribution in [1.29, 1.82) is 0 Å². The molecule has 0 spiro atoms. The van der Waals surface area contributed by atoms with Gasteiger partial charge in [-0.3, -0.25) is 4.79 Å². The Morgan fingerprint density at radius 3 is 2.52 bits per heavy atom. The molecular weight excluding hydrogens is 386 g/mol. The zero-order chi connectivity index (χ0) is 19.4. The average Bonchev–Trinajstić information content (AvgIpc) is 2.64. The van der Waals surface area contributed by atoms with Gasteiger partial charge >= 0.3 is 0 Å². The van der Waals surface area contributed by atoms with E-state index in [-0.39, 0.29) is 23.5 Å². The van der Waals surface area contributed by atoms with Crippen LogP contribution in [0.15, 0.2) is 70.4 Å². The topological polar surface area (TPSA) is 81.1 Å². The first kappa shape index (κ1) is 19.3. The molecule has 6 nitrogen and oxygen atoms in total. The lowest BCUT2D eigenvalue weighted by Gasteiger charge is -2.09. The number of aryl methyl sites for hydroxylation is 1. The third-order valence-corrected chi connectivity index (χ3v) is 5.63. The number of sulfonamides is 1. The number of nitrogens with one attached hydrogen (secondary N) is 1. The summed E-state index contributed by atoms with van der Waals surface area (Å²) in [4.78, 5) is 12.2. The van der Waals surface area contributed by atoms with Gasteiger partial charge in [-0.15, -0.1) is 0 Å². The van der Waals surface area contributed by atoms with E-state index < -0.39 is 10.0 Å². The summed E-state index contributed by atoms with van der Waals surface area (Å²) in [5.74, 6) is 0. The Labute approximate surface area is 162 Å². The quantitative estimate of drug-likeness (QED) is 0.686. The largest absolute Gasteiger partial charge is 0.268 e. The first-order valence-corrected chi connectivity index (χ1v) is 10.1. The number of hydrogen-bond donors (Lipinski definition) is 1. The molecule has 3 rings (SSSR count). The molecule has 27 heavy (non-hydrogen) atoms. The Morgan fingerprint density at radius 1 is 1.07 bits per heavy atom. The first-order valence-electron chi connectivity index (χ1n) is 8.26. The molecule has 1 N–H and O–H groups in total. The smallest absolute Gasteiger partial charge is 0.266 e. The highest BCUT2D eigenvalue weighted by Crippen LogP contribution is 2.18. The van der Waals surface area contributed by atoms with E-state index in [1.807, 2.05) is 13.0 Å². The molecule has 0 atom stereocenters. The molecule has 0 amide bonds. The van der Waals surface area contributed by atoms with Crippen molar-refractivity contribution in [3.8, 4) is 11.3 Å². The number of nitrogens with zero attached hydrogens (tertiary/aromatic N) is 2. The fraction of sp³-hybridized carbons (Fsp3) is 0.158. The minimum atomic E-state index is -3.64. The van der Waals surface area contributed by atoms with Gasteiger partial charge < -0.3 is 0 Å². The molecule has 1 heterocycles. The highest BCUT2D eigenvalue weighted by molar-refractivity contribution is 7.89. The minimum absolute atomic E-state index is 0.0489. The lowest BCUT2D eigenvalue weighted by Crippen LogP contribution is -2.32. The van der Waals surface area contributed by atoms with Gasteiger partial charge in [0.2, 0.25) is 10.0 Å². The molecule has 140 valence electrons. The van der Waals surface area contributed by atoms with Crippen molar-refractivity contribution in [3.05, 3.63) is 81.6 Å². The van der Waals surface area contributed by atoms with Gasteiger partial charge in [-0.1, -0.05) is 35.9 Å².